The van der Waals surface area contributed by atoms with Crippen LogP contribution in [-0.4, -0.2) is 38.3 Å². The number of alkyl carbamates (subject to hydrolysis) is 1. The van der Waals surface area contributed by atoms with Gasteiger partial charge in [-0.25, -0.2) is 4.79 Å². The van der Waals surface area contributed by atoms with Crippen molar-refractivity contribution in [2.24, 2.45) is 0 Å². The first-order chi connectivity index (χ1) is 11.0. The summed E-state index contributed by atoms with van der Waals surface area (Å²) in [6.07, 6.45) is 1.36. The number of rotatable bonds is 9. The molecule has 0 saturated heterocycles. The Hall–Kier alpha value is -2.24. The van der Waals surface area contributed by atoms with Gasteiger partial charge in [-0.2, -0.15) is 0 Å². The minimum absolute atomic E-state index is 0.0504. The van der Waals surface area contributed by atoms with Crippen molar-refractivity contribution in [3.8, 4) is 5.75 Å². The largest absolute Gasteiger partial charge is 0.483 e. The molecule has 0 atom stereocenters. The van der Waals surface area contributed by atoms with Gasteiger partial charge in [-0.15, -0.1) is 0 Å². The predicted molar refractivity (Wildman–Crippen MR) is 88.7 cm³/mol. The van der Waals surface area contributed by atoms with Crippen LogP contribution in [0.2, 0.25) is 0 Å². The summed E-state index contributed by atoms with van der Waals surface area (Å²) in [5.74, 6) is 0.477. The molecular formula is C17H26N2O4. The molecule has 2 N–H and O–H groups in total. The molecule has 0 aromatic heterocycles. The number of carbonyl (C=O) groups excluding carboxylic acids is 2. The van der Waals surface area contributed by atoms with E-state index in [-0.39, 0.29) is 12.5 Å². The zero-order valence-electron chi connectivity index (χ0n) is 14.1. The minimum atomic E-state index is -0.459. The van der Waals surface area contributed by atoms with Gasteiger partial charge in [0.2, 0.25) is 0 Å². The Bertz CT molecular complexity index is 517. The fourth-order valence-electron chi connectivity index (χ4n) is 1.80. The van der Waals surface area contributed by atoms with Gasteiger partial charge in [-0.1, -0.05) is 25.5 Å². The second-order valence-corrected chi connectivity index (χ2v) is 5.25. The lowest BCUT2D eigenvalue weighted by Crippen LogP contribution is -2.37. The van der Waals surface area contributed by atoms with Crippen molar-refractivity contribution in [3.05, 3.63) is 29.3 Å². The first-order valence-electron chi connectivity index (χ1n) is 7.91. The van der Waals surface area contributed by atoms with Crippen molar-refractivity contribution >= 4 is 12.0 Å². The summed E-state index contributed by atoms with van der Waals surface area (Å²) < 4.78 is 10.4. The van der Waals surface area contributed by atoms with E-state index in [2.05, 4.69) is 10.6 Å². The zero-order valence-corrected chi connectivity index (χ0v) is 14.1. The van der Waals surface area contributed by atoms with Crippen LogP contribution in [0.25, 0.3) is 0 Å². The first-order valence-corrected chi connectivity index (χ1v) is 7.91. The lowest BCUT2D eigenvalue weighted by molar-refractivity contribution is -0.123. The van der Waals surface area contributed by atoms with Crippen LogP contribution in [0.4, 0.5) is 4.79 Å². The monoisotopic (exact) mass is 322 g/mol. The first kappa shape index (κ1) is 18.8. The topological polar surface area (TPSA) is 76.7 Å². The Morgan fingerprint density at radius 3 is 2.61 bits per heavy atom. The molecule has 0 aliphatic heterocycles. The van der Waals surface area contributed by atoms with E-state index in [0.717, 1.165) is 24.0 Å². The van der Waals surface area contributed by atoms with E-state index < -0.39 is 6.09 Å². The van der Waals surface area contributed by atoms with Gasteiger partial charge in [-0.3, -0.25) is 4.79 Å². The van der Waals surface area contributed by atoms with Gasteiger partial charge in [0.1, 0.15) is 5.75 Å². The van der Waals surface area contributed by atoms with Crippen molar-refractivity contribution in [2.45, 2.75) is 33.6 Å². The maximum atomic E-state index is 11.7. The molecule has 2 amide bonds. The van der Waals surface area contributed by atoms with E-state index >= 15 is 0 Å². The summed E-state index contributed by atoms with van der Waals surface area (Å²) in [5.41, 5.74) is 2.14. The van der Waals surface area contributed by atoms with Crippen LogP contribution in [0.15, 0.2) is 18.2 Å². The van der Waals surface area contributed by atoms with E-state index in [0.29, 0.717) is 25.4 Å². The predicted octanol–water partition coefficient (Wildman–Crippen LogP) is 2.32. The zero-order chi connectivity index (χ0) is 17.1. The lowest BCUT2D eigenvalue weighted by atomic mass is 10.1. The summed E-state index contributed by atoms with van der Waals surface area (Å²) in [4.78, 5) is 23.0. The molecule has 23 heavy (non-hydrogen) atoms. The number of aryl methyl sites for hydroxylation is 1. The number of unbranched alkanes of at least 4 members (excludes halogenated alkanes) is 1. The summed E-state index contributed by atoms with van der Waals surface area (Å²) in [7, 11) is 0. The van der Waals surface area contributed by atoms with Crippen LogP contribution in [0.5, 0.6) is 5.75 Å². The average molecular weight is 322 g/mol. The fraction of sp³-hybridized carbons (Fsp3) is 0.529. The maximum absolute atomic E-state index is 11.7. The van der Waals surface area contributed by atoms with Gasteiger partial charge < -0.3 is 20.1 Å². The summed E-state index contributed by atoms with van der Waals surface area (Å²) in [5, 5.41) is 5.25. The molecule has 6 heteroatoms. The number of ether oxygens (including phenoxy) is 2. The van der Waals surface area contributed by atoms with E-state index in [1.807, 2.05) is 39.0 Å². The van der Waals surface area contributed by atoms with Crippen molar-refractivity contribution in [1.29, 1.82) is 0 Å². The van der Waals surface area contributed by atoms with Crippen molar-refractivity contribution < 1.29 is 19.1 Å². The standard InChI is InChI=1S/C17H26N2O4/c1-4-5-11-22-17(21)19-10-9-18-16(20)12-23-15-8-6-7-13(2)14(15)3/h6-8H,4-5,9-12H2,1-3H3,(H,18,20)(H,19,21). The van der Waals surface area contributed by atoms with Gasteiger partial charge >= 0.3 is 6.09 Å². The molecule has 0 spiro atoms. The van der Waals surface area contributed by atoms with Crippen LogP contribution in [0.3, 0.4) is 0 Å². The number of nitrogens with one attached hydrogen (secondary N) is 2. The fourth-order valence-corrected chi connectivity index (χ4v) is 1.80. The summed E-state index contributed by atoms with van der Waals surface area (Å²) in [6, 6.07) is 5.72. The van der Waals surface area contributed by atoms with Crippen molar-refractivity contribution in [1.82, 2.24) is 10.6 Å². The molecule has 0 aliphatic rings. The van der Waals surface area contributed by atoms with Gasteiger partial charge in [0, 0.05) is 13.1 Å². The Kier molecular flexibility index (Phi) is 8.57. The molecule has 128 valence electrons. The number of hydrogen-bond donors (Lipinski definition) is 2. The number of hydrogen-bond acceptors (Lipinski definition) is 4. The van der Waals surface area contributed by atoms with Gasteiger partial charge in [0.05, 0.1) is 6.61 Å². The molecule has 0 radical (unpaired) electrons. The Balaban J connectivity index is 2.15. The molecule has 0 aliphatic carbocycles. The molecule has 1 aromatic carbocycles. The molecular weight excluding hydrogens is 296 g/mol. The highest BCUT2D eigenvalue weighted by molar-refractivity contribution is 5.77. The molecule has 0 bridgehead atoms. The Morgan fingerprint density at radius 2 is 1.87 bits per heavy atom. The summed E-state index contributed by atoms with van der Waals surface area (Å²) in [6.45, 7) is 6.99. The van der Waals surface area contributed by atoms with Crippen LogP contribution in [0.1, 0.15) is 30.9 Å². The van der Waals surface area contributed by atoms with Crippen molar-refractivity contribution in [3.63, 3.8) is 0 Å². The van der Waals surface area contributed by atoms with E-state index in [1.54, 1.807) is 0 Å². The molecule has 0 saturated carbocycles. The average Bonchev–Trinajstić information content (AvgIpc) is 2.53. The molecule has 1 rings (SSSR count). The van der Waals surface area contributed by atoms with E-state index in [1.165, 1.54) is 0 Å². The highest BCUT2D eigenvalue weighted by Gasteiger charge is 2.06. The van der Waals surface area contributed by atoms with E-state index in [4.69, 9.17) is 9.47 Å². The molecule has 0 fully saturated rings. The van der Waals surface area contributed by atoms with Crippen LogP contribution in [-0.2, 0) is 9.53 Å². The smallest absolute Gasteiger partial charge is 0.407 e. The third kappa shape index (κ3) is 7.54. The molecule has 0 unspecified atom stereocenters. The number of amides is 2. The van der Waals surface area contributed by atoms with Gasteiger partial charge in [0.25, 0.3) is 5.91 Å². The molecule has 1 aromatic rings. The van der Waals surface area contributed by atoms with Gasteiger partial charge in [0.15, 0.2) is 6.61 Å². The molecule has 0 heterocycles. The third-order valence-corrected chi connectivity index (χ3v) is 3.36. The second-order valence-electron chi connectivity index (χ2n) is 5.25. The normalized spacial score (nSPS) is 10.0. The van der Waals surface area contributed by atoms with Crippen molar-refractivity contribution in [2.75, 3.05) is 26.3 Å². The SMILES string of the molecule is CCCCOC(=O)NCCNC(=O)COc1cccc(C)c1C. The second kappa shape index (κ2) is 10.5. The van der Waals surface area contributed by atoms with Crippen LogP contribution < -0.4 is 15.4 Å². The van der Waals surface area contributed by atoms with E-state index in [9.17, 15) is 9.59 Å². The Labute approximate surface area is 137 Å². The number of benzene rings is 1. The quantitative estimate of drug-likeness (QED) is 0.684. The third-order valence-electron chi connectivity index (χ3n) is 3.36. The summed E-state index contributed by atoms with van der Waals surface area (Å²) >= 11 is 0. The lowest BCUT2D eigenvalue weighted by Gasteiger charge is -2.11. The Morgan fingerprint density at radius 1 is 1.13 bits per heavy atom. The highest BCUT2D eigenvalue weighted by Crippen LogP contribution is 2.20. The highest BCUT2D eigenvalue weighted by atomic mass is 16.5. The minimum Gasteiger partial charge on any atom is -0.483 e. The maximum Gasteiger partial charge on any atom is 0.407 e. The van der Waals surface area contributed by atoms with Gasteiger partial charge in [-0.05, 0) is 37.5 Å². The van der Waals surface area contributed by atoms with Crippen LogP contribution in [0, 0.1) is 13.8 Å². The van der Waals surface area contributed by atoms with Crippen LogP contribution >= 0.6 is 0 Å². The number of carbonyl (C=O) groups is 2. The molecule has 6 nitrogen and oxygen atoms in total.